The highest BCUT2D eigenvalue weighted by Gasteiger charge is 2.29. The van der Waals surface area contributed by atoms with Gasteiger partial charge in [0.05, 0.1) is 11.0 Å². The molecule has 0 spiro atoms. The molecule has 3 aromatic rings. The van der Waals surface area contributed by atoms with Gasteiger partial charge in [-0.3, -0.25) is 4.79 Å². The molecular formula is C26H34N2O4S. The smallest absolute Gasteiger partial charge is 0.332 e. The first-order valence-electron chi connectivity index (χ1n) is 11.7. The Labute approximate surface area is 199 Å². The van der Waals surface area contributed by atoms with Crippen LogP contribution in [0.3, 0.4) is 0 Å². The van der Waals surface area contributed by atoms with Crippen molar-refractivity contribution in [1.82, 2.24) is 9.55 Å². The molecule has 0 radical (unpaired) electrons. The van der Waals surface area contributed by atoms with Gasteiger partial charge < -0.3 is 14.8 Å². The number of thiophene rings is 1. The largest absolute Gasteiger partial charge is 0.479 e. The van der Waals surface area contributed by atoms with Gasteiger partial charge in [-0.25, -0.2) is 9.78 Å². The van der Waals surface area contributed by atoms with Gasteiger partial charge in [0, 0.05) is 35.2 Å². The number of carbonyl (C=O) groups excluding carboxylic acids is 1. The normalized spacial score (nSPS) is 13.7. The topological polar surface area (TPSA) is 92.4 Å². The number of ketones is 1. The molecule has 178 valence electrons. The Morgan fingerprint density at radius 1 is 1.15 bits per heavy atom. The van der Waals surface area contributed by atoms with Gasteiger partial charge in [-0.1, -0.05) is 33.8 Å². The van der Waals surface area contributed by atoms with Gasteiger partial charge in [0.1, 0.15) is 5.82 Å². The monoisotopic (exact) mass is 470 g/mol. The number of hydrogen-bond donors (Lipinski definition) is 2. The van der Waals surface area contributed by atoms with Crippen LogP contribution < -0.4 is 0 Å². The molecule has 0 saturated carbocycles. The van der Waals surface area contributed by atoms with Gasteiger partial charge >= 0.3 is 5.97 Å². The van der Waals surface area contributed by atoms with Crippen LogP contribution in [-0.4, -0.2) is 37.6 Å². The van der Waals surface area contributed by atoms with Crippen LogP contribution >= 0.6 is 11.3 Å². The lowest BCUT2D eigenvalue weighted by Crippen LogP contribution is -2.32. The van der Waals surface area contributed by atoms with E-state index >= 15 is 0 Å². The number of aromatic nitrogens is 2. The summed E-state index contributed by atoms with van der Waals surface area (Å²) >= 11 is 1.71. The number of aliphatic carboxylic acids is 1. The van der Waals surface area contributed by atoms with Crippen LogP contribution in [0, 0.1) is 11.8 Å². The van der Waals surface area contributed by atoms with Gasteiger partial charge in [-0.15, -0.1) is 11.3 Å². The number of carbonyl (C=O) groups is 2. The lowest BCUT2D eigenvalue weighted by Gasteiger charge is -2.21. The molecule has 0 amide bonds. The van der Waals surface area contributed by atoms with E-state index in [1.165, 1.54) is 4.88 Å². The first kappa shape index (κ1) is 25.1. The number of hydrogen-bond acceptors (Lipinski definition) is 5. The molecule has 2 aromatic heterocycles. The lowest BCUT2D eigenvalue weighted by atomic mass is 9.86. The number of carboxylic acid groups (broad SMARTS) is 1. The zero-order valence-corrected chi connectivity index (χ0v) is 20.6. The van der Waals surface area contributed by atoms with E-state index in [0.29, 0.717) is 18.0 Å². The third kappa shape index (κ3) is 5.89. The van der Waals surface area contributed by atoms with Crippen LogP contribution in [0.4, 0.5) is 0 Å². The van der Waals surface area contributed by atoms with E-state index in [1.807, 2.05) is 32.0 Å². The molecule has 0 aliphatic heterocycles. The van der Waals surface area contributed by atoms with Crippen molar-refractivity contribution in [3.8, 4) is 0 Å². The number of aliphatic hydroxyl groups excluding tert-OH is 1. The maximum absolute atomic E-state index is 13.1. The third-order valence-electron chi connectivity index (χ3n) is 6.23. The number of carboxylic acids is 1. The molecule has 2 atom stereocenters. The second-order valence-corrected chi connectivity index (χ2v) is 10.2. The minimum absolute atomic E-state index is 0.00748. The van der Waals surface area contributed by atoms with Crippen LogP contribution in [-0.2, 0) is 11.2 Å². The fourth-order valence-corrected chi connectivity index (χ4v) is 5.27. The Morgan fingerprint density at radius 3 is 2.45 bits per heavy atom. The van der Waals surface area contributed by atoms with Crippen molar-refractivity contribution in [2.75, 3.05) is 0 Å². The Balaban J connectivity index is 1.95. The summed E-state index contributed by atoms with van der Waals surface area (Å²) in [5.41, 5.74) is 2.29. The zero-order valence-electron chi connectivity index (χ0n) is 19.8. The van der Waals surface area contributed by atoms with Crippen molar-refractivity contribution in [2.45, 2.75) is 71.9 Å². The van der Waals surface area contributed by atoms with Crippen LogP contribution in [0.5, 0.6) is 0 Å². The number of Topliss-reactive ketones (excluding diaryl/α,β-unsaturated/α-hetero) is 1. The van der Waals surface area contributed by atoms with Crippen LogP contribution in [0.15, 0.2) is 35.7 Å². The Hall–Kier alpha value is -2.51. The number of benzene rings is 1. The first-order valence-corrected chi connectivity index (χ1v) is 12.6. The number of rotatable bonds is 12. The van der Waals surface area contributed by atoms with Crippen molar-refractivity contribution in [3.63, 3.8) is 0 Å². The van der Waals surface area contributed by atoms with Crippen LogP contribution in [0.25, 0.3) is 11.0 Å². The van der Waals surface area contributed by atoms with E-state index in [0.717, 1.165) is 36.1 Å². The molecule has 0 unspecified atom stereocenters. The Kier molecular flexibility index (Phi) is 8.43. The highest BCUT2D eigenvalue weighted by molar-refractivity contribution is 7.09. The fraction of sp³-hybridized carbons (Fsp3) is 0.500. The molecule has 0 saturated heterocycles. The first-order chi connectivity index (χ1) is 15.7. The van der Waals surface area contributed by atoms with Gasteiger partial charge in [0.2, 0.25) is 0 Å². The van der Waals surface area contributed by atoms with Gasteiger partial charge in [-0.05, 0) is 54.8 Å². The summed E-state index contributed by atoms with van der Waals surface area (Å²) in [6.45, 7) is 8.26. The molecule has 0 bridgehead atoms. The Bertz CT molecular complexity index is 1080. The van der Waals surface area contributed by atoms with Gasteiger partial charge in [0.25, 0.3) is 0 Å². The fourth-order valence-electron chi connectivity index (χ4n) is 4.56. The summed E-state index contributed by atoms with van der Waals surface area (Å²) in [7, 11) is 0. The van der Waals surface area contributed by atoms with E-state index in [9.17, 15) is 19.8 Å². The summed E-state index contributed by atoms with van der Waals surface area (Å²) in [6, 6.07) is 10.1. The molecule has 2 N–H and O–H groups in total. The number of imidazole rings is 1. The minimum atomic E-state index is -1.55. The number of fused-ring (bicyclic) bond motifs is 1. The highest BCUT2D eigenvalue weighted by Crippen LogP contribution is 2.29. The Morgan fingerprint density at radius 2 is 1.88 bits per heavy atom. The van der Waals surface area contributed by atoms with Crippen molar-refractivity contribution >= 4 is 34.1 Å². The van der Waals surface area contributed by atoms with Crippen molar-refractivity contribution < 1.29 is 19.8 Å². The van der Waals surface area contributed by atoms with E-state index in [2.05, 4.69) is 29.9 Å². The molecule has 0 fully saturated rings. The summed E-state index contributed by atoms with van der Waals surface area (Å²) in [4.78, 5) is 30.6. The molecule has 33 heavy (non-hydrogen) atoms. The molecule has 6 nitrogen and oxygen atoms in total. The summed E-state index contributed by atoms with van der Waals surface area (Å²) in [6.07, 6.45) is 1.63. The van der Waals surface area contributed by atoms with Crippen molar-refractivity contribution in [1.29, 1.82) is 0 Å². The van der Waals surface area contributed by atoms with Crippen molar-refractivity contribution in [2.24, 2.45) is 11.8 Å². The predicted octanol–water partition coefficient (Wildman–Crippen LogP) is 5.73. The summed E-state index contributed by atoms with van der Waals surface area (Å²) < 4.78 is 2.30. The molecule has 3 rings (SSSR count). The zero-order chi connectivity index (χ0) is 24.1. The molecule has 7 heteroatoms. The molecule has 1 aromatic carbocycles. The minimum Gasteiger partial charge on any atom is -0.479 e. The highest BCUT2D eigenvalue weighted by atomic mass is 32.1. The van der Waals surface area contributed by atoms with E-state index in [-0.39, 0.29) is 18.1 Å². The van der Waals surface area contributed by atoms with Gasteiger partial charge in [-0.2, -0.15) is 0 Å². The average Bonchev–Trinajstić information content (AvgIpc) is 3.41. The average molecular weight is 471 g/mol. The SMILES string of the molecule is CCC(CC)n1c(Cc2cccs2)nc2cc(C(=O)C[C@@H](CC(C)C)[C@H](O)C(=O)O)ccc21. The molecule has 0 aliphatic rings. The van der Waals surface area contributed by atoms with E-state index in [1.54, 1.807) is 17.4 Å². The van der Waals surface area contributed by atoms with E-state index < -0.39 is 18.0 Å². The molecule has 2 heterocycles. The second-order valence-electron chi connectivity index (χ2n) is 9.13. The quantitative estimate of drug-likeness (QED) is 0.330. The standard InChI is InChI=1S/C26H34N2O4S/c1-5-19(6-2)28-22-10-9-17(13-21(22)27-24(28)15-20-8-7-11-33-20)23(29)14-18(12-16(3)4)25(30)26(31)32/h7-11,13,16,18-19,25,30H,5-6,12,14-15H2,1-4H3,(H,31,32)/t18-,25+/m1/s1. The maximum Gasteiger partial charge on any atom is 0.332 e. The van der Waals surface area contributed by atoms with Crippen LogP contribution in [0.1, 0.15) is 80.5 Å². The molecular weight excluding hydrogens is 436 g/mol. The second kappa shape index (κ2) is 11.1. The maximum atomic E-state index is 13.1. The number of nitrogens with zero attached hydrogens (tertiary/aromatic N) is 2. The molecule has 0 aliphatic carbocycles. The van der Waals surface area contributed by atoms with Crippen molar-refractivity contribution in [3.05, 3.63) is 52.0 Å². The predicted molar refractivity (Wildman–Crippen MR) is 132 cm³/mol. The van der Waals surface area contributed by atoms with Crippen LogP contribution in [0.2, 0.25) is 0 Å². The lowest BCUT2D eigenvalue weighted by molar-refractivity contribution is -0.149. The summed E-state index contributed by atoms with van der Waals surface area (Å²) in [5, 5.41) is 21.4. The summed E-state index contributed by atoms with van der Waals surface area (Å²) in [5.74, 6) is -0.910. The number of aliphatic hydroxyl groups is 1. The van der Waals surface area contributed by atoms with E-state index in [4.69, 9.17) is 4.98 Å². The van der Waals surface area contributed by atoms with Gasteiger partial charge in [0.15, 0.2) is 11.9 Å². The third-order valence-corrected chi connectivity index (χ3v) is 7.10.